The van der Waals surface area contributed by atoms with Gasteiger partial charge in [-0.2, -0.15) is 5.26 Å². The Morgan fingerprint density at radius 2 is 1.61 bits per heavy atom. The average molecular weight is 320 g/mol. The molecule has 23 heavy (non-hydrogen) atoms. The molecule has 0 bridgehead atoms. The highest BCUT2D eigenvalue weighted by molar-refractivity contribution is 6.30. The number of nitrogen functional groups attached to an aromatic ring is 1. The number of nitriles is 1. The van der Waals surface area contributed by atoms with E-state index in [0.29, 0.717) is 10.6 Å². The maximum atomic E-state index is 9.42. The molecule has 0 atom stereocenters. The fourth-order valence-electron chi connectivity index (χ4n) is 2.41. The van der Waals surface area contributed by atoms with Gasteiger partial charge < -0.3 is 5.73 Å². The molecule has 3 rings (SSSR count). The Balaban J connectivity index is 2.20. The molecule has 2 aromatic carbocycles. The van der Waals surface area contributed by atoms with E-state index in [1.54, 1.807) is 12.1 Å². The maximum absolute atomic E-state index is 9.42. The molecule has 0 aliphatic heterocycles. The van der Waals surface area contributed by atoms with E-state index in [-0.39, 0.29) is 5.82 Å². The molecule has 0 spiro atoms. The van der Waals surface area contributed by atoms with E-state index in [1.807, 2.05) is 49.4 Å². The summed E-state index contributed by atoms with van der Waals surface area (Å²) in [6.07, 6.45) is 0. The van der Waals surface area contributed by atoms with Crippen LogP contribution in [0.25, 0.3) is 22.4 Å². The smallest absolute Gasteiger partial charge is 0.142 e. The lowest BCUT2D eigenvalue weighted by Crippen LogP contribution is -1.99. The third-order valence-electron chi connectivity index (χ3n) is 3.66. The molecule has 4 heteroatoms. The summed E-state index contributed by atoms with van der Waals surface area (Å²) < 4.78 is 0. The molecule has 0 unspecified atom stereocenters. The van der Waals surface area contributed by atoms with Gasteiger partial charge in [0.25, 0.3) is 0 Å². The highest BCUT2D eigenvalue weighted by Gasteiger charge is 2.13. The molecule has 3 nitrogen and oxygen atoms in total. The summed E-state index contributed by atoms with van der Waals surface area (Å²) in [5.74, 6) is 0.232. The molecular formula is C19H14ClN3. The van der Waals surface area contributed by atoms with Crippen molar-refractivity contribution in [1.82, 2.24) is 4.98 Å². The van der Waals surface area contributed by atoms with E-state index in [1.165, 1.54) is 5.56 Å². The summed E-state index contributed by atoms with van der Waals surface area (Å²) in [5.41, 5.74) is 10.9. The molecule has 0 saturated heterocycles. The van der Waals surface area contributed by atoms with Crippen LogP contribution < -0.4 is 5.73 Å². The Hall–Kier alpha value is -2.83. The second-order valence-corrected chi connectivity index (χ2v) is 5.74. The van der Waals surface area contributed by atoms with Crippen LogP contribution in [0.15, 0.2) is 54.6 Å². The molecule has 1 heterocycles. The minimum Gasteiger partial charge on any atom is -0.383 e. The third-order valence-corrected chi connectivity index (χ3v) is 3.91. The zero-order valence-electron chi connectivity index (χ0n) is 12.5. The van der Waals surface area contributed by atoms with Crippen LogP contribution in [0.4, 0.5) is 5.82 Å². The molecule has 0 aliphatic carbocycles. The highest BCUT2D eigenvalue weighted by atomic mass is 35.5. The van der Waals surface area contributed by atoms with Crippen molar-refractivity contribution in [3.05, 3.63) is 70.7 Å². The summed E-state index contributed by atoms with van der Waals surface area (Å²) in [5, 5.41) is 10.1. The van der Waals surface area contributed by atoms with Crippen molar-refractivity contribution in [1.29, 1.82) is 5.26 Å². The Kier molecular flexibility index (Phi) is 4.01. The van der Waals surface area contributed by atoms with Crippen molar-refractivity contribution < 1.29 is 0 Å². The number of hydrogen-bond acceptors (Lipinski definition) is 3. The molecule has 0 radical (unpaired) electrons. The Bertz CT molecular complexity index is 892. The van der Waals surface area contributed by atoms with Crippen molar-refractivity contribution in [3.8, 4) is 28.5 Å². The second-order valence-electron chi connectivity index (χ2n) is 5.30. The summed E-state index contributed by atoms with van der Waals surface area (Å²) in [6.45, 7) is 2.03. The number of anilines is 1. The Morgan fingerprint density at radius 3 is 2.22 bits per heavy atom. The van der Waals surface area contributed by atoms with Crippen LogP contribution in [-0.2, 0) is 0 Å². The van der Waals surface area contributed by atoms with Crippen LogP contribution in [0.1, 0.15) is 11.1 Å². The monoisotopic (exact) mass is 319 g/mol. The first kappa shape index (κ1) is 15.1. The predicted molar refractivity (Wildman–Crippen MR) is 94.0 cm³/mol. The molecule has 0 amide bonds. The van der Waals surface area contributed by atoms with Crippen LogP contribution in [0.3, 0.4) is 0 Å². The topological polar surface area (TPSA) is 62.7 Å². The standard InChI is InChI=1S/C19H14ClN3/c1-12-2-4-14(5-3-12)18-10-16(17(11-21)19(22)23-18)13-6-8-15(20)9-7-13/h2-10H,1H3,(H2,22,23). The second kappa shape index (κ2) is 6.12. The van der Waals surface area contributed by atoms with E-state index in [0.717, 1.165) is 22.4 Å². The lowest BCUT2D eigenvalue weighted by Gasteiger charge is -2.10. The fraction of sp³-hybridized carbons (Fsp3) is 0.0526. The summed E-state index contributed by atoms with van der Waals surface area (Å²) in [7, 11) is 0. The van der Waals surface area contributed by atoms with Crippen LogP contribution in [0.5, 0.6) is 0 Å². The number of halogens is 1. The van der Waals surface area contributed by atoms with Gasteiger partial charge in [-0.25, -0.2) is 4.98 Å². The number of aryl methyl sites for hydroxylation is 1. The van der Waals surface area contributed by atoms with E-state index >= 15 is 0 Å². The van der Waals surface area contributed by atoms with Crippen molar-refractivity contribution in [2.45, 2.75) is 6.92 Å². The number of benzene rings is 2. The first-order valence-corrected chi connectivity index (χ1v) is 7.50. The predicted octanol–water partition coefficient (Wildman–Crippen LogP) is 4.83. The normalized spacial score (nSPS) is 10.3. The van der Waals surface area contributed by atoms with E-state index in [9.17, 15) is 5.26 Å². The number of pyridine rings is 1. The first-order chi connectivity index (χ1) is 11.1. The lowest BCUT2D eigenvalue weighted by molar-refractivity contribution is 1.30. The third kappa shape index (κ3) is 3.03. The van der Waals surface area contributed by atoms with Gasteiger partial charge in [-0.1, -0.05) is 53.6 Å². The molecular weight excluding hydrogens is 306 g/mol. The molecule has 112 valence electrons. The lowest BCUT2D eigenvalue weighted by atomic mass is 9.98. The summed E-state index contributed by atoms with van der Waals surface area (Å²) in [6, 6.07) is 19.4. The summed E-state index contributed by atoms with van der Waals surface area (Å²) >= 11 is 5.94. The first-order valence-electron chi connectivity index (χ1n) is 7.12. The number of nitrogens with two attached hydrogens (primary N) is 1. The molecule has 1 aromatic heterocycles. The summed E-state index contributed by atoms with van der Waals surface area (Å²) in [4.78, 5) is 4.38. The molecule has 0 saturated carbocycles. The molecule has 0 fully saturated rings. The minimum absolute atomic E-state index is 0.232. The Labute approximate surface area is 140 Å². The van der Waals surface area contributed by atoms with Crippen LogP contribution in [-0.4, -0.2) is 4.98 Å². The average Bonchev–Trinajstić information content (AvgIpc) is 2.55. The van der Waals surface area contributed by atoms with Gasteiger partial charge in [0.05, 0.1) is 5.69 Å². The van der Waals surface area contributed by atoms with Crippen molar-refractivity contribution >= 4 is 17.4 Å². The fourth-order valence-corrected chi connectivity index (χ4v) is 2.54. The van der Waals surface area contributed by atoms with Gasteiger partial charge >= 0.3 is 0 Å². The minimum atomic E-state index is 0.232. The zero-order valence-corrected chi connectivity index (χ0v) is 13.3. The SMILES string of the molecule is Cc1ccc(-c2cc(-c3ccc(Cl)cc3)c(C#N)c(N)n2)cc1. The number of nitrogens with zero attached hydrogens (tertiary/aromatic N) is 2. The highest BCUT2D eigenvalue weighted by Crippen LogP contribution is 2.31. The number of rotatable bonds is 2. The van der Waals surface area contributed by atoms with Crippen molar-refractivity contribution in [2.24, 2.45) is 0 Å². The van der Waals surface area contributed by atoms with Crippen LogP contribution >= 0.6 is 11.6 Å². The van der Waals surface area contributed by atoms with Crippen LogP contribution in [0.2, 0.25) is 5.02 Å². The number of hydrogen-bond donors (Lipinski definition) is 1. The van der Waals surface area contributed by atoms with Gasteiger partial charge in [-0.05, 0) is 30.7 Å². The zero-order chi connectivity index (χ0) is 16.4. The van der Waals surface area contributed by atoms with Crippen molar-refractivity contribution in [3.63, 3.8) is 0 Å². The van der Waals surface area contributed by atoms with E-state index in [2.05, 4.69) is 11.1 Å². The van der Waals surface area contributed by atoms with Gasteiger partial charge in [-0.15, -0.1) is 0 Å². The Morgan fingerprint density at radius 1 is 1.00 bits per heavy atom. The van der Waals surface area contributed by atoms with E-state index in [4.69, 9.17) is 17.3 Å². The maximum Gasteiger partial charge on any atom is 0.142 e. The quantitative estimate of drug-likeness (QED) is 0.735. The molecule has 2 N–H and O–H groups in total. The molecule has 3 aromatic rings. The molecule has 0 aliphatic rings. The number of aromatic nitrogens is 1. The van der Waals surface area contributed by atoms with Crippen LogP contribution in [0, 0.1) is 18.3 Å². The largest absolute Gasteiger partial charge is 0.383 e. The van der Waals surface area contributed by atoms with Gasteiger partial charge in [0, 0.05) is 16.1 Å². The van der Waals surface area contributed by atoms with Gasteiger partial charge in [0.2, 0.25) is 0 Å². The van der Waals surface area contributed by atoms with E-state index < -0.39 is 0 Å². The van der Waals surface area contributed by atoms with Gasteiger partial charge in [0.1, 0.15) is 17.5 Å². The van der Waals surface area contributed by atoms with Gasteiger partial charge in [-0.3, -0.25) is 0 Å². The van der Waals surface area contributed by atoms with Gasteiger partial charge in [0.15, 0.2) is 0 Å². The van der Waals surface area contributed by atoms with Crippen molar-refractivity contribution in [2.75, 3.05) is 5.73 Å².